The standard InChI is InChI=1S/C22H30N4O2/c1-16-7-5-6-10-19(16)23-22(27)18-11-13-26(14-12-18)15-20-24-21(25-28-20)17-8-3-2-4-9-17/h2-4,8-9,16,18-19H,5-7,10-15H2,1H3,(H,23,27)/t16-,19-/m1/s1. The predicted molar refractivity (Wildman–Crippen MR) is 107 cm³/mol. The quantitative estimate of drug-likeness (QED) is 0.855. The molecule has 0 spiro atoms. The summed E-state index contributed by atoms with van der Waals surface area (Å²) in [6.45, 7) is 4.69. The second-order valence-electron chi connectivity index (χ2n) is 8.30. The Labute approximate surface area is 166 Å². The van der Waals surface area contributed by atoms with Crippen molar-refractivity contribution in [2.24, 2.45) is 11.8 Å². The smallest absolute Gasteiger partial charge is 0.241 e. The number of carbonyl (C=O) groups is 1. The number of hydrogen-bond donors (Lipinski definition) is 1. The van der Waals surface area contributed by atoms with E-state index in [9.17, 15) is 4.79 Å². The summed E-state index contributed by atoms with van der Waals surface area (Å²) in [6, 6.07) is 10.2. The molecule has 1 aliphatic carbocycles. The minimum Gasteiger partial charge on any atom is -0.353 e. The maximum Gasteiger partial charge on any atom is 0.241 e. The van der Waals surface area contributed by atoms with Crippen LogP contribution in [0.25, 0.3) is 11.4 Å². The van der Waals surface area contributed by atoms with Gasteiger partial charge >= 0.3 is 0 Å². The first kappa shape index (κ1) is 19.1. The van der Waals surface area contributed by atoms with Crippen LogP contribution in [-0.4, -0.2) is 40.1 Å². The first-order valence-corrected chi connectivity index (χ1v) is 10.6. The Morgan fingerprint density at radius 2 is 1.89 bits per heavy atom. The summed E-state index contributed by atoms with van der Waals surface area (Å²) in [5, 5.41) is 7.42. The van der Waals surface area contributed by atoms with Crippen molar-refractivity contribution < 1.29 is 9.32 Å². The Kier molecular flexibility index (Phi) is 6.05. The van der Waals surface area contributed by atoms with E-state index in [1.54, 1.807) is 0 Å². The summed E-state index contributed by atoms with van der Waals surface area (Å²) in [5.74, 6) is 2.26. The van der Waals surface area contributed by atoms with Crippen molar-refractivity contribution in [3.8, 4) is 11.4 Å². The van der Waals surface area contributed by atoms with Crippen LogP contribution < -0.4 is 5.32 Å². The van der Waals surface area contributed by atoms with Gasteiger partial charge in [0.15, 0.2) is 0 Å². The lowest BCUT2D eigenvalue weighted by molar-refractivity contribution is -0.127. The van der Waals surface area contributed by atoms with E-state index in [-0.39, 0.29) is 11.8 Å². The van der Waals surface area contributed by atoms with Gasteiger partial charge in [-0.1, -0.05) is 55.3 Å². The van der Waals surface area contributed by atoms with Crippen molar-refractivity contribution >= 4 is 5.91 Å². The molecule has 2 heterocycles. The van der Waals surface area contributed by atoms with E-state index in [4.69, 9.17) is 4.52 Å². The molecule has 0 bridgehead atoms. The van der Waals surface area contributed by atoms with E-state index in [1.165, 1.54) is 19.3 Å². The average molecular weight is 383 g/mol. The van der Waals surface area contributed by atoms with Crippen molar-refractivity contribution in [3.63, 3.8) is 0 Å². The van der Waals surface area contributed by atoms with Crippen molar-refractivity contribution in [2.45, 2.75) is 58.0 Å². The molecule has 6 heteroatoms. The monoisotopic (exact) mass is 382 g/mol. The molecule has 2 aromatic rings. The summed E-state index contributed by atoms with van der Waals surface area (Å²) in [6.07, 6.45) is 6.70. The molecule has 1 saturated carbocycles. The van der Waals surface area contributed by atoms with E-state index < -0.39 is 0 Å². The van der Waals surface area contributed by atoms with Gasteiger partial charge in [-0.25, -0.2) is 0 Å². The molecule has 0 radical (unpaired) electrons. The van der Waals surface area contributed by atoms with Crippen LogP contribution in [0.4, 0.5) is 0 Å². The Balaban J connectivity index is 1.25. The SMILES string of the molecule is C[C@@H]1CCCC[C@H]1NC(=O)C1CCN(Cc2nc(-c3ccccc3)no2)CC1. The fraction of sp³-hybridized carbons (Fsp3) is 0.591. The number of amides is 1. The first-order valence-electron chi connectivity index (χ1n) is 10.6. The van der Waals surface area contributed by atoms with Gasteiger partial charge in [-0.15, -0.1) is 0 Å². The van der Waals surface area contributed by atoms with Crippen molar-refractivity contribution in [1.82, 2.24) is 20.4 Å². The highest BCUT2D eigenvalue weighted by Crippen LogP contribution is 2.25. The van der Waals surface area contributed by atoms with Crippen LogP contribution in [0, 0.1) is 11.8 Å². The second-order valence-corrected chi connectivity index (χ2v) is 8.30. The fourth-order valence-electron chi connectivity index (χ4n) is 4.40. The third-order valence-electron chi connectivity index (χ3n) is 6.26. The lowest BCUT2D eigenvalue weighted by Crippen LogP contribution is -2.46. The predicted octanol–water partition coefficient (Wildman–Crippen LogP) is 3.64. The Bertz CT molecular complexity index is 768. The van der Waals surface area contributed by atoms with Gasteiger partial charge < -0.3 is 9.84 Å². The van der Waals surface area contributed by atoms with Gasteiger partial charge in [-0.05, 0) is 44.7 Å². The zero-order valence-electron chi connectivity index (χ0n) is 16.6. The van der Waals surface area contributed by atoms with Crippen molar-refractivity contribution in [3.05, 3.63) is 36.2 Å². The van der Waals surface area contributed by atoms with Gasteiger partial charge in [0.2, 0.25) is 17.6 Å². The number of nitrogens with zero attached hydrogens (tertiary/aromatic N) is 3. The molecule has 1 saturated heterocycles. The fourth-order valence-corrected chi connectivity index (χ4v) is 4.40. The number of benzene rings is 1. The third kappa shape index (κ3) is 4.61. The summed E-state index contributed by atoms with van der Waals surface area (Å²) in [7, 11) is 0. The number of piperidine rings is 1. The van der Waals surface area contributed by atoms with Crippen LogP contribution in [-0.2, 0) is 11.3 Å². The van der Waals surface area contributed by atoms with E-state index in [2.05, 4.69) is 27.3 Å². The van der Waals surface area contributed by atoms with E-state index in [1.807, 2.05) is 30.3 Å². The number of carbonyl (C=O) groups excluding carboxylic acids is 1. The van der Waals surface area contributed by atoms with Gasteiger partial charge in [-0.3, -0.25) is 9.69 Å². The van der Waals surface area contributed by atoms with Gasteiger partial charge in [0, 0.05) is 17.5 Å². The number of nitrogens with one attached hydrogen (secondary N) is 1. The zero-order chi connectivity index (χ0) is 19.3. The topological polar surface area (TPSA) is 71.3 Å². The maximum atomic E-state index is 12.7. The van der Waals surface area contributed by atoms with Gasteiger partial charge in [0.25, 0.3) is 0 Å². The maximum absolute atomic E-state index is 12.7. The molecule has 2 aliphatic rings. The van der Waals surface area contributed by atoms with Crippen LogP contribution in [0.2, 0.25) is 0 Å². The number of likely N-dealkylation sites (tertiary alicyclic amines) is 1. The lowest BCUT2D eigenvalue weighted by Gasteiger charge is -2.34. The van der Waals surface area contributed by atoms with E-state index in [0.717, 1.165) is 37.9 Å². The molecule has 1 amide bonds. The molecular weight excluding hydrogens is 352 g/mol. The molecule has 4 rings (SSSR count). The van der Waals surface area contributed by atoms with Crippen LogP contribution in [0.1, 0.15) is 51.3 Å². The third-order valence-corrected chi connectivity index (χ3v) is 6.26. The number of rotatable bonds is 5. The van der Waals surface area contributed by atoms with Crippen molar-refractivity contribution in [1.29, 1.82) is 0 Å². The molecule has 6 nitrogen and oxygen atoms in total. The minimum absolute atomic E-state index is 0.132. The molecule has 1 N–H and O–H groups in total. The highest BCUT2D eigenvalue weighted by molar-refractivity contribution is 5.79. The van der Waals surface area contributed by atoms with Crippen molar-refractivity contribution in [2.75, 3.05) is 13.1 Å². The van der Waals surface area contributed by atoms with E-state index >= 15 is 0 Å². The first-order chi connectivity index (χ1) is 13.7. The van der Waals surface area contributed by atoms with Gasteiger partial charge in [-0.2, -0.15) is 4.98 Å². The van der Waals surface area contributed by atoms with Crippen LogP contribution >= 0.6 is 0 Å². The molecular formula is C22H30N4O2. The Morgan fingerprint density at radius 1 is 1.14 bits per heavy atom. The average Bonchev–Trinajstić information content (AvgIpc) is 3.19. The molecule has 2 atom stereocenters. The van der Waals surface area contributed by atoms with Gasteiger partial charge in [0.1, 0.15) is 0 Å². The molecule has 0 unspecified atom stereocenters. The molecule has 28 heavy (non-hydrogen) atoms. The molecule has 2 fully saturated rings. The molecule has 1 aromatic heterocycles. The summed E-state index contributed by atoms with van der Waals surface area (Å²) in [4.78, 5) is 19.5. The number of aromatic nitrogens is 2. The normalized spacial score (nSPS) is 24.2. The minimum atomic E-state index is 0.132. The molecule has 1 aliphatic heterocycles. The highest BCUT2D eigenvalue weighted by Gasteiger charge is 2.29. The largest absolute Gasteiger partial charge is 0.353 e. The summed E-state index contributed by atoms with van der Waals surface area (Å²) < 4.78 is 5.43. The van der Waals surface area contributed by atoms with E-state index in [0.29, 0.717) is 30.2 Å². The second kappa shape index (κ2) is 8.86. The summed E-state index contributed by atoms with van der Waals surface area (Å²) in [5.41, 5.74) is 0.963. The lowest BCUT2D eigenvalue weighted by atomic mass is 9.85. The Hall–Kier alpha value is -2.21. The highest BCUT2D eigenvalue weighted by atomic mass is 16.5. The molecule has 1 aromatic carbocycles. The zero-order valence-corrected chi connectivity index (χ0v) is 16.6. The van der Waals surface area contributed by atoms with Crippen LogP contribution in [0.5, 0.6) is 0 Å². The summed E-state index contributed by atoms with van der Waals surface area (Å²) >= 11 is 0. The Morgan fingerprint density at radius 3 is 2.64 bits per heavy atom. The number of hydrogen-bond acceptors (Lipinski definition) is 5. The van der Waals surface area contributed by atoms with Crippen LogP contribution in [0.15, 0.2) is 34.9 Å². The molecule has 150 valence electrons. The van der Waals surface area contributed by atoms with Crippen LogP contribution in [0.3, 0.4) is 0 Å². The van der Waals surface area contributed by atoms with Gasteiger partial charge in [0.05, 0.1) is 6.54 Å².